The lowest BCUT2D eigenvalue weighted by molar-refractivity contribution is -0.163. The third-order valence-electron chi connectivity index (χ3n) is 9.90. The van der Waals surface area contributed by atoms with Crippen LogP contribution in [-0.4, -0.2) is 17.0 Å². The quantitative estimate of drug-likeness (QED) is 0.625. The highest BCUT2D eigenvalue weighted by molar-refractivity contribution is 5.95. The van der Waals surface area contributed by atoms with E-state index in [1.54, 1.807) is 6.26 Å². The molecule has 3 heteroatoms. The van der Waals surface area contributed by atoms with Crippen molar-refractivity contribution >= 4 is 5.78 Å². The highest BCUT2D eigenvalue weighted by Gasteiger charge is 2.67. The molecule has 3 nitrogen and oxygen atoms in total. The van der Waals surface area contributed by atoms with Gasteiger partial charge in [0.2, 0.25) is 0 Å². The third-order valence-corrected chi connectivity index (χ3v) is 9.90. The lowest BCUT2D eigenvalue weighted by atomic mass is 9.38. The summed E-state index contributed by atoms with van der Waals surface area (Å²) in [5, 5.41) is 11.6. The zero-order valence-corrected chi connectivity index (χ0v) is 18.4. The van der Waals surface area contributed by atoms with Crippen LogP contribution in [0.1, 0.15) is 71.8 Å². The lowest BCUT2D eigenvalue weighted by Gasteiger charge is -2.66. The number of fused-ring (bicyclic) bond motifs is 5. The van der Waals surface area contributed by atoms with Gasteiger partial charge in [0.05, 0.1) is 18.6 Å². The van der Waals surface area contributed by atoms with Gasteiger partial charge in [-0.25, -0.2) is 0 Å². The molecule has 0 amide bonds. The van der Waals surface area contributed by atoms with Gasteiger partial charge in [0.25, 0.3) is 0 Å². The van der Waals surface area contributed by atoms with E-state index in [-0.39, 0.29) is 27.9 Å². The fourth-order valence-corrected chi connectivity index (χ4v) is 8.25. The molecule has 2 saturated carbocycles. The summed E-state index contributed by atoms with van der Waals surface area (Å²) in [6, 6.07) is 2.10. The molecule has 4 aliphatic rings. The Bertz CT molecular complexity index is 906. The van der Waals surface area contributed by atoms with Gasteiger partial charge < -0.3 is 9.52 Å². The van der Waals surface area contributed by atoms with E-state index in [1.165, 1.54) is 11.1 Å². The number of furan rings is 1. The van der Waals surface area contributed by atoms with Crippen molar-refractivity contribution in [2.75, 3.05) is 0 Å². The van der Waals surface area contributed by atoms with Crippen molar-refractivity contribution in [1.82, 2.24) is 0 Å². The van der Waals surface area contributed by atoms with Gasteiger partial charge in [-0.05, 0) is 72.0 Å². The number of aliphatic hydroxyl groups is 1. The second kappa shape index (κ2) is 5.75. The SMILES string of the molecule is CC1(C)C(=O)C=C[C@@]2(C)C3CC[C@]4(C)C(=CC[C@@H]4c4ccoc4)[C@@]3(C)[C@H](O)C[C@H]12. The Balaban J connectivity index is 1.60. The predicted molar refractivity (Wildman–Crippen MR) is 113 cm³/mol. The van der Waals surface area contributed by atoms with Crippen LogP contribution in [0.2, 0.25) is 0 Å². The molecule has 29 heavy (non-hydrogen) atoms. The fourth-order valence-electron chi connectivity index (χ4n) is 8.25. The van der Waals surface area contributed by atoms with Crippen molar-refractivity contribution in [3.63, 3.8) is 0 Å². The Morgan fingerprint density at radius 3 is 2.59 bits per heavy atom. The van der Waals surface area contributed by atoms with E-state index in [0.717, 1.165) is 19.3 Å². The van der Waals surface area contributed by atoms with Gasteiger partial charge in [-0.3, -0.25) is 4.79 Å². The largest absolute Gasteiger partial charge is 0.472 e. The summed E-state index contributed by atoms with van der Waals surface area (Å²) in [5.41, 5.74) is 2.04. The molecule has 0 spiro atoms. The standard InChI is InChI=1S/C26H34O3/c1-23(2)20-14-22(28)26(5)18-7-6-17(16-10-13-29-15-16)24(18,3)11-8-19(26)25(20,4)12-9-21(23)27/h7,9-10,12-13,15,17,19-20,22,28H,6,8,11,14H2,1-5H3/t17-,19?,20-,22-,24+,25+,26-/m1/s1. The summed E-state index contributed by atoms with van der Waals surface area (Å²) in [6.07, 6.45) is 13.6. The maximum Gasteiger partial charge on any atom is 0.161 e. The van der Waals surface area contributed by atoms with E-state index in [0.29, 0.717) is 18.3 Å². The van der Waals surface area contributed by atoms with Crippen LogP contribution in [0.25, 0.3) is 0 Å². The molecule has 0 saturated heterocycles. The molecule has 1 aromatic heterocycles. The number of hydrogen-bond acceptors (Lipinski definition) is 3. The molecule has 0 bridgehead atoms. The number of ketones is 1. The second-order valence-corrected chi connectivity index (χ2v) is 11.3. The molecule has 4 aliphatic carbocycles. The van der Waals surface area contributed by atoms with E-state index < -0.39 is 11.5 Å². The van der Waals surface area contributed by atoms with Crippen LogP contribution in [0.3, 0.4) is 0 Å². The summed E-state index contributed by atoms with van der Waals surface area (Å²) < 4.78 is 5.41. The van der Waals surface area contributed by atoms with Crippen molar-refractivity contribution in [2.24, 2.45) is 33.5 Å². The van der Waals surface area contributed by atoms with Gasteiger partial charge in [-0.15, -0.1) is 0 Å². The Morgan fingerprint density at radius 1 is 1.14 bits per heavy atom. The van der Waals surface area contributed by atoms with Crippen molar-refractivity contribution in [3.05, 3.63) is 48.0 Å². The van der Waals surface area contributed by atoms with Crippen LogP contribution >= 0.6 is 0 Å². The smallest absolute Gasteiger partial charge is 0.161 e. The molecule has 156 valence electrons. The maximum absolute atomic E-state index is 12.7. The maximum atomic E-state index is 12.7. The summed E-state index contributed by atoms with van der Waals surface area (Å²) in [6.45, 7) is 11.2. The van der Waals surface area contributed by atoms with Crippen molar-refractivity contribution in [1.29, 1.82) is 0 Å². The van der Waals surface area contributed by atoms with Crippen LogP contribution in [-0.2, 0) is 4.79 Å². The van der Waals surface area contributed by atoms with E-state index in [2.05, 4.69) is 52.8 Å². The van der Waals surface area contributed by atoms with Crippen molar-refractivity contribution in [3.8, 4) is 0 Å². The summed E-state index contributed by atoms with van der Waals surface area (Å²) in [4.78, 5) is 12.7. The Hall–Kier alpha value is -1.61. The Morgan fingerprint density at radius 2 is 1.90 bits per heavy atom. The molecule has 7 atom stereocenters. The third kappa shape index (κ3) is 2.20. The van der Waals surface area contributed by atoms with Gasteiger partial charge in [-0.2, -0.15) is 0 Å². The monoisotopic (exact) mass is 394 g/mol. The first-order valence-corrected chi connectivity index (χ1v) is 11.2. The molecular weight excluding hydrogens is 360 g/mol. The molecule has 1 heterocycles. The van der Waals surface area contributed by atoms with Gasteiger partial charge >= 0.3 is 0 Å². The van der Waals surface area contributed by atoms with E-state index in [9.17, 15) is 9.90 Å². The van der Waals surface area contributed by atoms with Gasteiger partial charge in [0.1, 0.15) is 0 Å². The topological polar surface area (TPSA) is 50.4 Å². The Labute approximate surface area is 174 Å². The zero-order valence-electron chi connectivity index (χ0n) is 18.4. The zero-order chi connectivity index (χ0) is 20.8. The number of allylic oxidation sites excluding steroid dienone is 3. The Kier molecular flexibility index (Phi) is 3.84. The number of aliphatic hydroxyl groups excluding tert-OH is 1. The minimum atomic E-state index is -0.421. The van der Waals surface area contributed by atoms with E-state index in [1.807, 2.05) is 12.3 Å². The minimum absolute atomic E-state index is 0.0585. The summed E-state index contributed by atoms with van der Waals surface area (Å²) >= 11 is 0. The fraction of sp³-hybridized carbons (Fsp3) is 0.654. The number of hydrogen-bond donors (Lipinski definition) is 1. The van der Waals surface area contributed by atoms with E-state index >= 15 is 0 Å². The molecule has 0 aliphatic heterocycles. The van der Waals surface area contributed by atoms with Crippen LogP contribution in [0.4, 0.5) is 0 Å². The number of rotatable bonds is 1. The second-order valence-electron chi connectivity index (χ2n) is 11.3. The van der Waals surface area contributed by atoms with E-state index in [4.69, 9.17) is 4.42 Å². The number of carbonyl (C=O) groups excluding carboxylic acids is 1. The van der Waals surface area contributed by atoms with Crippen LogP contribution < -0.4 is 0 Å². The summed E-state index contributed by atoms with van der Waals surface area (Å²) in [5.74, 6) is 1.15. The first-order chi connectivity index (χ1) is 13.6. The minimum Gasteiger partial charge on any atom is -0.472 e. The van der Waals surface area contributed by atoms with Crippen LogP contribution in [0.15, 0.2) is 46.8 Å². The van der Waals surface area contributed by atoms with Gasteiger partial charge in [-0.1, -0.05) is 52.3 Å². The van der Waals surface area contributed by atoms with Crippen molar-refractivity contribution in [2.45, 2.75) is 72.3 Å². The average molecular weight is 395 g/mol. The van der Waals surface area contributed by atoms with Crippen LogP contribution in [0, 0.1) is 33.5 Å². The number of carbonyl (C=O) groups is 1. The summed E-state index contributed by atoms with van der Waals surface area (Å²) in [7, 11) is 0. The highest BCUT2D eigenvalue weighted by atomic mass is 16.3. The first kappa shape index (κ1) is 19.4. The molecule has 1 N–H and O–H groups in total. The van der Waals surface area contributed by atoms with Gasteiger partial charge in [0, 0.05) is 10.8 Å². The normalized spacial score (nSPS) is 47.9. The molecular formula is C26H34O3. The molecule has 2 fully saturated rings. The molecule has 1 aromatic rings. The first-order valence-electron chi connectivity index (χ1n) is 11.2. The van der Waals surface area contributed by atoms with Gasteiger partial charge in [0.15, 0.2) is 5.78 Å². The predicted octanol–water partition coefficient (Wildman–Crippen LogP) is 5.67. The van der Waals surface area contributed by atoms with Crippen LogP contribution in [0.5, 0.6) is 0 Å². The lowest BCUT2D eigenvalue weighted by Crippen LogP contribution is -2.63. The molecule has 0 radical (unpaired) electrons. The molecule has 1 unspecified atom stereocenters. The highest BCUT2D eigenvalue weighted by Crippen LogP contribution is 2.72. The van der Waals surface area contributed by atoms with Crippen molar-refractivity contribution < 1.29 is 14.3 Å². The molecule has 5 rings (SSSR count). The average Bonchev–Trinajstić information content (AvgIpc) is 3.29. The molecule has 0 aromatic carbocycles.